The average Bonchev–Trinajstić information content (AvgIpc) is 3.21. The van der Waals surface area contributed by atoms with Crippen molar-refractivity contribution in [3.05, 3.63) is 28.2 Å². The molecule has 0 spiro atoms. The lowest BCUT2D eigenvalue weighted by atomic mass is 9.86. The number of hydrogen-bond acceptors (Lipinski definition) is 7. The molecule has 186 valence electrons. The van der Waals surface area contributed by atoms with E-state index in [2.05, 4.69) is 15.2 Å². The van der Waals surface area contributed by atoms with Gasteiger partial charge in [-0.2, -0.15) is 10.1 Å². The van der Waals surface area contributed by atoms with Crippen LogP contribution in [0.2, 0.25) is 0 Å². The predicted molar refractivity (Wildman–Crippen MR) is 134 cm³/mol. The summed E-state index contributed by atoms with van der Waals surface area (Å²) in [7, 11) is 3.41. The van der Waals surface area contributed by atoms with Gasteiger partial charge in [-0.25, -0.2) is 9.67 Å². The van der Waals surface area contributed by atoms with Gasteiger partial charge in [0.1, 0.15) is 17.0 Å². The van der Waals surface area contributed by atoms with E-state index in [1.54, 1.807) is 18.7 Å². The Morgan fingerprint density at radius 2 is 1.86 bits per heavy atom. The summed E-state index contributed by atoms with van der Waals surface area (Å²) in [6.07, 6.45) is 7.44. The SMILES string of the molecule is COc1nc(N2CCC(NC(C)=O)CC2)ccc1-c1nc2c(c(C3CCCCC3)nn2C)c(=O)[nH]1. The molecule has 1 aliphatic carbocycles. The minimum atomic E-state index is -0.176. The average molecular weight is 480 g/mol. The highest BCUT2D eigenvalue weighted by Crippen LogP contribution is 2.35. The van der Waals surface area contributed by atoms with Crippen molar-refractivity contribution in [2.45, 2.75) is 63.8 Å². The molecule has 1 aliphatic heterocycles. The molecule has 0 atom stereocenters. The second kappa shape index (κ2) is 9.67. The highest BCUT2D eigenvalue weighted by Gasteiger charge is 2.26. The maximum atomic E-state index is 13.2. The molecule has 3 aromatic rings. The number of nitrogens with zero attached hydrogens (tertiary/aromatic N) is 5. The molecule has 0 bridgehead atoms. The number of piperidine rings is 1. The second-order valence-electron chi connectivity index (χ2n) is 9.65. The van der Waals surface area contributed by atoms with Crippen LogP contribution >= 0.6 is 0 Å². The number of hydrogen-bond donors (Lipinski definition) is 2. The fourth-order valence-electron chi connectivity index (χ4n) is 5.46. The Hall–Kier alpha value is -3.43. The van der Waals surface area contributed by atoms with Crippen LogP contribution in [-0.4, -0.2) is 56.9 Å². The normalized spacial score (nSPS) is 17.6. The maximum absolute atomic E-state index is 13.2. The van der Waals surface area contributed by atoms with Gasteiger partial charge in [0, 0.05) is 39.0 Å². The molecule has 1 saturated heterocycles. The number of ether oxygens (including phenoxy) is 1. The highest BCUT2D eigenvalue weighted by molar-refractivity contribution is 5.80. The zero-order valence-electron chi connectivity index (χ0n) is 20.6. The number of H-pyrrole nitrogens is 1. The molecule has 2 fully saturated rings. The topological polar surface area (TPSA) is 118 Å². The van der Waals surface area contributed by atoms with Crippen LogP contribution in [-0.2, 0) is 11.8 Å². The Balaban J connectivity index is 1.44. The standard InChI is InChI=1S/C25H33N7O3/c1-15(33)26-17-11-13-32(14-12-17)19-10-9-18(25(27-19)35-3)22-28-23-20(24(34)29-22)21(30-31(23)2)16-7-5-4-6-8-16/h9-10,16-17H,4-8,11-14H2,1-3H3,(H,26,33)(H,28,29,34). The van der Waals surface area contributed by atoms with Crippen molar-refractivity contribution < 1.29 is 9.53 Å². The summed E-state index contributed by atoms with van der Waals surface area (Å²) in [5.41, 5.74) is 1.90. The first kappa shape index (κ1) is 23.3. The van der Waals surface area contributed by atoms with Gasteiger partial charge in [0.2, 0.25) is 11.8 Å². The lowest BCUT2D eigenvalue weighted by Gasteiger charge is -2.33. The van der Waals surface area contributed by atoms with Gasteiger partial charge >= 0.3 is 0 Å². The van der Waals surface area contributed by atoms with Crippen LogP contribution in [0.25, 0.3) is 22.4 Å². The molecular formula is C25H33N7O3. The summed E-state index contributed by atoms with van der Waals surface area (Å²) in [5, 5.41) is 8.29. The lowest BCUT2D eigenvalue weighted by molar-refractivity contribution is -0.119. The number of pyridine rings is 1. The van der Waals surface area contributed by atoms with Crippen LogP contribution in [0.1, 0.15) is 63.5 Å². The highest BCUT2D eigenvalue weighted by atomic mass is 16.5. The molecule has 0 aromatic carbocycles. The summed E-state index contributed by atoms with van der Waals surface area (Å²) < 4.78 is 7.32. The van der Waals surface area contributed by atoms with Crippen molar-refractivity contribution in [2.24, 2.45) is 7.05 Å². The van der Waals surface area contributed by atoms with Crippen LogP contribution in [0.5, 0.6) is 5.88 Å². The number of aryl methyl sites for hydroxylation is 1. The summed E-state index contributed by atoms with van der Waals surface area (Å²) in [6.45, 7) is 3.14. The van der Waals surface area contributed by atoms with Crippen molar-refractivity contribution >= 4 is 22.8 Å². The molecule has 2 N–H and O–H groups in total. The lowest BCUT2D eigenvalue weighted by Crippen LogP contribution is -2.44. The first-order chi connectivity index (χ1) is 16.9. The van der Waals surface area contributed by atoms with E-state index in [1.807, 2.05) is 19.2 Å². The van der Waals surface area contributed by atoms with Gasteiger partial charge in [0.05, 0.1) is 18.4 Å². The molecule has 10 nitrogen and oxygen atoms in total. The Kier molecular flexibility index (Phi) is 6.44. The van der Waals surface area contributed by atoms with Crippen LogP contribution in [0.15, 0.2) is 16.9 Å². The van der Waals surface area contributed by atoms with Gasteiger partial charge in [-0.05, 0) is 37.8 Å². The van der Waals surface area contributed by atoms with E-state index in [0.717, 1.165) is 50.3 Å². The smallest absolute Gasteiger partial charge is 0.262 e. The molecule has 2 aliphatic rings. The van der Waals surface area contributed by atoms with Crippen molar-refractivity contribution in [1.82, 2.24) is 30.0 Å². The number of amides is 1. The monoisotopic (exact) mass is 479 g/mol. The molecule has 0 unspecified atom stereocenters. The van der Waals surface area contributed by atoms with Gasteiger partial charge in [0.25, 0.3) is 5.56 Å². The Morgan fingerprint density at radius 3 is 2.54 bits per heavy atom. The van der Waals surface area contributed by atoms with Gasteiger partial charge in [-0.3, -0.25) is 9.59 Å². The van der Waals surface area contributed by atoms with Gasteiger partial charge in [-0.1, -0.05) is 19.3 Å². The summed E-state index contributed by atoms with van der Waals surface area (Å²) >= 11 is 0. The fraction of sp³-hybridized carbons (Fsp3) is 0.560. The molecule has 5 rings (SSSR count). The summed E-state index contributed by atoms with van der Waals surface area (Å²) in [5.74, 6) is 1.94. The van der Waals surface area contributed by atoms with Crippen LogP contribution in [0.4, 0.5) is 5.82 Å². The second-order valence-corrected chi connectivity index (χ2v) is 9.65. The number of aromatic nitrogens is 5. The molecule has 1 amide bonds. The summed E-state index contributed by atoms with van der Waals surface area (Å²) in [4.78, 5) is 39.2. The van der Waals surface area contributed by atoms with Crippen molar-refractivity contribution in [1.29, 1.82) is 0 Å². The van der Waals surface area contributed by atoms with E-state index in [0.29, 0.717) is 34.2 Å². The maximum Gasteiger partial charge on any atom is 0.262 e. The summed E-state index contributed by atoms with van der Waals surface area (Å²) in [6, 6.07) is 4.02. The van der Waals surface area contributed by atoms with E-state index >= 15 is 0 Å². The first-order valence-corrected chi connectivity index (χ1v) is 12.5. The van der Waals surface area contributed by atoms with E-state index in [-0.39, 0.29) is 17.5 Å². The van der Waals surface area contributed by atoms with Crippen LogP contribution in [0, 0.1) is 0 Å². The molecule has 35 heavy (non-hydrogen) atoms. The number of carbonyl (C=O) groups is 1. The van der Waals surface area contributed by atoms with E-state index in [9.17, 15) is 9.59 Å². The predicted octanol–water partition coefficient (Wildman–Crippen LogP) is 2.88. The zero-order chi connectivity index (χ0) is 24.5. The van der Waals surface area contributed by atoms with E-state index in [4.69, 9.17) is 19.8 Å². The molecule has 4 heterocycles. The number of methoxy groups -OCH3 is 1. The van der Waals surface area contributed by atoms with Gasteiger partial charge in [0.15, 0.2) is 5.65 Å². The molecular weight excluding hydrogens is 446 g/mol. The number of anilines is 1. The van der Waals surface area contributed by atoms with Crippen molar-refractivity contribution in [3.8, 4) is 17.3 Å². The third-order valence-corrected chi connectivity index (χ3v) is 7.23. The number of rotatable bonds is 5. The largest absolute Gasteiger partial charge is 0.480 e. The number of aromatic amines is 1. The molecule has 10 heteroatoms. The first-order valence-electron chi connectivity index (χ1n) is 12.5. The Morgan fingerprint density at radius 1 is 1.11 bits per heavy atom. The zero-order valence-corrected chi connectivity index (χ0v) is 20.6. The molecule has 3 aromatic heterocycles. The van der Waals surface area contributed by atoms with Crippen LogP contribution in [0.3, 0.4) is 0 Å². The number of fused-ring (bicyclic) bond motifs is 1. The molecule has 0 radical (unpaired) electrons. The quantitative estimate of drug-likeness (QED) is 0.578. The van der Waals surface area contributed by atoms with Crippen molar-refractivity contribution in [3.63, 3.8) is 0 Å². The third kappa shape index (κ3) is 4.61. The molecule has 1 saturated carbocycles. The van der Waals surface area contributed by atoms with Crippen LogP contribution < -0.4 is 20.5 Å². The third-order valence-electron chi connectivity index (χ3n) is 7.23. The van der Waals surface area contributed by atoms with E-state index in [1.165, 1.54) is 19.3 Å². The minimum Gasteiger partial charge on any atom is -0.480 e. The fourth-order valence-corrected chi connectivity index (χ4v) is 5.46. The Labute approximate surface area is 204 Å². The van der Waals surface area contributed by atoms with Gasteiger partial charge < -0.3 is 19.9 Å². The Bertz CT molecular complexity index is 1280. The number of carbonyl (C=O) groups excluding carboxylic acids is 1. The minimum absolute atomic E-state index is 0.00495. The van der Waals surface area contributed by atoms with E-state index < -0.39 is 0 Å². The number of nitrogens with one attached hydrogen (secondary N) is 2. The van der Waals surface area contributed by atoms with Gasteiger partial charge in [-0.15, -0.1) is 0 Å². The van der Waals surface area contributed by atoms with Crippen molar-refractivity contribution in [2.75, 3.05) is 25.1 Å².